The predicted octanol–water partition coefficient (Wildman–Crippen LogP) is 3.50. The van der Waals surface area contributed by atoms with Gasteiger partial charge in [-0.2, -0.15) is 0 Å². The van der Waals surface area contributed by atoms with Crippen LogP contribution in [-0.2, 0) is 0 Å². The molecular weight excluding hydrogens is 196 g/mol. The van der Waals surface area contributed by atoms with Crippen LogP contribution in [0.15, 0.2) is 18.2 Å². The molecule has 0 fully saturated rings. The summed E-state index contributed by atoms with van der Waals surface area (Å²) in [7, 11) is 1.62. The standard InChI is InChI=1S/C12H13ClO/c1-3-4-5-7-10-11(13)8-6-9-12(10)14-2/h6,8-9H,3-4H2,1-2H3. The third-order valence-electron chi connectivity index (χ3n) is 1.78. The fourth-order valence-electron chi connectivity index (χ4n) is 1.07. The minimum atomic E-state index is 0.646. The summed E-state index contributed by atoms with van der Waals surface area (Å²) in [5.74, 6) is 6.82. The first-order valence-corrected chi connectivity index (χ1v) is 4.98. The Kier molecular flexibility index (Phi) is 4.35. The largest absolute Gasteiger partial charge is 0.495 e. The number of hydrogen-bond acceptors (Lipinski definition) is 1. The average molecular weight is 209 g/mol. The van der Waals surface area contributed by atoms with Crippen LogP contribution < -0.4 is 4.74 Å². The molecule has 0 spiro atoms. The molecule has 0 N–H and O–H groups in total. The summed E-state index contributed by atoms with van der Waals surface area (Å²) in [5, 5.41) is 0.646. The van der Waals surface area contributed by atoms with E-state index in [1.807, 2.05) is 18.2 Å². The molecule has 0 amide bonds. The van der Waals surface area contributed by atoms with Crippen molar-refractivity contribution in [1.29, 1.82) is 0 Å². The minimum absolute atomic E-state index is 0.646. The molecule has 1 nitrogen and oxygen atoms in total. The van der Waals surface area contributed by atoms with Crippen molar-refractivity contribution >= 4 is 11.6 Å². The van der Waals surface area contributed by atoms with Crippen molar-refractivity contribution in [3.8, 4) is 17.6 Å². The van der Waals surface area contributed by atoms with Crippen LogP contribution in [0.1, 0.15) is 25.3 Å². The van der Waals surface area contributed by atoms with Gasteiger partial charge >= 0.3 is 0 Å². The van der Waals surface area contributed by atoms with Crippen LogP contribution in [0.4, 0.5) is 0 Å². The SMILES string of the molecule is CCCC#Cc1c(Cl)cccc1OC. The highest BCUT2D eigenvalue weighted by molar-refractivity contribution is 6.32. The van der Waals surface area contributed by atoms with Gasteiger partial charge in [-0.05, 0) is 18.6 Å². The number of hydrogen-bond donors (Lipinski definition) is 0. The molecule has 0 heterocycles. The molecule has 0 radical (unpaired) electrons. The Morgan fingerprint density at radius 3 is 2.86 bits per heavy atom. The molecule has 0 unspecified atom stereocenters. The summed E-state index contributed by atoms with van der Waals surface area (Å²) >= 11 is 6.00. The van der Waals surface area contributed by atoms with Crippen molar-refractivity contribution in [2.45, 2.75) is 19.8 Å². The number of ether oxygens (including phenoxy) is 1. The molecule has 74 valence electrons. The minimum Gasteiger partial charge on any atom is -0.495 e. The van der Waals surface area contributed by atoms with Gasteiger partial charge in [0.1, 0.15) is 5.75 Å². The Morgan fingerprint density at radius 1 is 1.43 bits per heavy atom. The number of benzene rings is 1. The Balaban J connectivity index is 3.00. The fraction of sp³-hybridized carbons (Fsp3) is 0.333. The van der Waals surface area contributed by atoms with Crippen molar-refractivity contribution in [3.05, 3.63) is 28.8 Å². The van der Waals surface area contributed by atoms with Crippen LogP contribution in [0, 0.1) is 11.8 Å². The van der Waals surface area contributed by atoms with Crippen LogP contribution in [-0.4, -0.2) is 7.11 Å². The van der Waals surface area contributed by atoms with E-state index in [2.05, 4.69) is 18.8 Å². The second kappa shape index (κ2) is 5.57. The van der Waals surface area contributed by atoms with Crippen molar-refractivity contribution in [2.75, 3.05) is 7.11 Å². The molecule has 0 aromatic heterocycles. The zero-order valence-electron chi connectivity index (χ0n) is 8.43. The van der Waals surface area contributed by atoms with Gasteiger partial charge in [0.05, 0.1) is 17.7 Å². The quantitative estimate of drug-likeness (QED) is 0.676. The predicted molar refractivity (Wildman–Crippen MR) is 59.8 cm³/mol. The maximum absolute atomic E-state index is 6.00. The van der Waals surface area contributed by atoms with E-state index in [0.717, 1.165) is 24.2 Å². The molecule has 0 saturated carbocycles. The van der Waals surface area contributed by atoms with Gasteiger partial charge in [0, 0.05) is 6.42 Å². The lowest BCUT2D eigenvalue weighted by atomic mass is 10.2. The molecule has 0 aliphatic rings. The van der Waals surface area contributed by atoms with Crippen LogP contribution in [0.5, 0.6) is 5.75 Å². The maximum Gasteiger partial charge on any atom is 0.135 e. The van der Waals surface area contributed by atoms with Gasteiger partial charge in [0.15, 0.2) is 0 Å². The second-order valence-corrected chi connectivity index (χ2v) is 3.28. The van der Waals surface area contributed by atoms with Crippen molar-refractivity contribution in [1.82, 2.24) is 0 Å². The molecule has 2 heteroatoms. The zero-order valence-corrected chi connectivity index (χ0v) is 9.19. The van der Waals surface area contributed by atoms with E-state index in [0.29, 0.717) is 5.02 Å². The van der Waals surface area contributed by atoms with Gasteiger partial charge in [-0.3, -0.25) is 0 Å². The van der Waals surface area contributed by atoms with Gasteiger partial charge in [0.2, 0.25) is 0 Å². The number of unbranched alkanes of at least 4 members (excludes halogenated alkanes) is 1. The second-order valence-electron chi connectivity index (χ2n) is 2.87. The Bertz CT molecular complexity index is 360. The van der Waals surface area contributed by atoms with E-state index < -0.39 is 0 Å². The maximum atomic E-state index is 6.00. The summed E-state index contributed by atoms with van der Waals surface area (Å²) < 4.78 is 5.17. The molecule has 1 rings (SSSR count). The molecule has 1 aromatic carbocycles. The van der Waals surface area contributed by atoms with Gasteiger partial charge in [-0.25, -0.2) is 0 Å². The summed E-state index contributed by atoms with van der Waals surface area (Å²) in [5.41, 5.74) is 0.783. The van der Waals surface area contributed by atoms with E-state index in [1.165, 1.54) is 0 Å². The van der Waals surface area contributed by atoms with Crippen LogP contribution >= 0.6 is 11.6 Å². The lowest BCUT2D eigenvalue weighted by Crippen LogP contribution is -1.88. The highest BCUT2D eigenvalue weighted by Gasteiger charge is 2.03. The third-order valence-corrected chi connectivity index (χ3v) is 2.10. The van der Waals surface area contributed by atoms with Crippen LogP contribution in [0.2, 0.25) is 5.02 Å². The van der Waals surface area contributed by atoms with E-state index in [4.69, 9.17) is 16.3 Å². The highest BCUT2D eigenvalue weighted by Crippen LogP contribution is 2.24. The average Bonchev–Trinajstić information content (AvgIpc) is 2.20. The van der Waals surface area contributed by atoms with E-state index >= 15 is 0 Å². The van der Waals surface area contributed by atoms with Crippen molar-refractivity contribution < 1.29 is 4.74 Å². The van der Waals surface area contributed by atoms with E-state index in [1.54, 1.807) is 7.11 Å². The summed E-state index contributed by atoms with van der Waals surface area (Å²) in [4.78, 5) is 0. The topological polar surface area (TPSA) is 9.23 Å². The Hall–Kier alpha value is -1.13. The number of halogens is 1. The van der Waals surface area contributed by atoms with Gasteiger partial charge in [0.25, 0.3) is 0 Å². The lowest BCUT2D eigenvalue weighted by Gasteiger charge is -2.03. The monoisotopic (exact) mass is 208 g/mol. The molecule has 0 bridgehead atoms. The smallest absolute Gasteiger partial charge is 0.135 e. The fourth-order valence-corrected chi connectivity index (χ4v) is 1.28. The first-order chi connectivity index (χ1) is 6.79. The van der Waals surface area contributed by atoms with E-state index in [9.17, 15) is 0 Å². The Labute approximate surface area is 90.0 Å². The lowest BCUT2D eigenvalue weighted by molar-refractivity contribution is 0.413. The summed E-state index contributed by atoms with van der Waals surface area (Å²) in [6, 6.07) is 5.54. The zero-order chi connectivity index (χ0) is 10.4. The normalized spacial score (nSPS) is 9.07. The first-order valence-electron chi connectivity index (χ1n) is 4.61. The number of methoxy groups -OCH3 is 1. The van der Waals surface area contributed by atoms with Crippen molar-refractivity contribution in [3.63, 3.8) is 0 Å². The summed E-state index contributed by atoms with van der Waals surface area (Å²) in [6.07, 6.45) is 1.94. The first kappa shape index (κ1) is 10.9. The molecule has 0 aliphatic carbocycles. The van der Waals surface area contributed by atoms with Gasteiger partial charge in [-0.15, -0.1) is 0 Å². The molecule has 0 atom stereocenters. The Morgan fingerprint density at radius 2 is 2.21 bits per heavy atom. The van der Waals surface area contributed by atoms with E-state index in [-0.39, 0.29) is 0 Å². The highest BCUT2D eigenvalue weighted by atomic mass is 35.5. The van der Waals surface area contributed by atoms with Gasteiger partial charge < -0.3 is 4.74 Å². The molecule has 0 aliphatic heterocycles. The van der Waals surface area contributed by atoms with Gasteiger partial charge in [-0.1, -0.05) is 36.4 Å². The molecule has 14 heavy (non-hydrogen) atoms. The van der Waals surface area contributed by atoms with Crippen LogP contribution in [0.25, 0.3) is 0 Å². The molecule has 0 saturated heterocycles. The van der Waals surface area contributed by atoms with Crippen LogP contribution in [0.3, 0.4) is 0 Å². The third kappa shape index (κ3) is 2.68. The number of rotatable bonds is 2. The molecule has 1 aromatic rings. The summed E-state index contributed by atoms with van der Waals surface area (Å²) in [6.45, 7) is 2.10. The van der Waals surface area contributed by atoms with Crippen molar-refractivity contribution in [2.24, 2.45) is 0 Å². The molecular formula is C12H13ClO.